The van der Waals surface area contributed by atoms with Gasteiger partial charge in [-0.3, -0.25) is 28.8 Å². The van der Waals surface area contributed by atoms with E-state index in [0.29, 0.717) is 0 Å². The van der Waals surface area contributed by atoms with Crippen molar-refractivity contribution in [1.82, 2.24) is 0 Å². The minimum Gasteiger partial charge on any atom is -0.481 e. The predicted octanol–water partition coefficient (Wildman–Crippen LogP) is 0.708. The predicted molar refractivity (Wildman–Crippen MR) is 108 cm³/mol. The number of Topliss-reactive ketones (excluding diaryl/α,β-unsaturated/α-hetero) is 2. The van der Waals surface area contributed by atoms with Crippen LogP contribution >= 0.6 is 0 Å². The summed E-state index contributed by atoms with van der Waals surface area (Å²) in [7, 11) is 0. The summed E-state index contributed by atoms with van der Waals surface area (Å²) in [6.45, 7) is 3.84. The van der Waals surface area contributed by atoms with Crippen LogP contribution in [0.15, 0.2) is 0 Å². The fraction of sp³-hybridized carbons (Fsp3) is 0.700. The molecule has 0 amide bonds. The van der Waals surface area contributed by atoms with Crippen LogP contribution < -0.4 is 0 Å². The van der Waals surface area contributed by atoms with Crippen molar-refractivity contribution >= 4 is 35.4 Å². The average molecular weight is 464 g/mol. The Morgan fingerprint density at radius 3 is 1.50 bits per heavy atom. The Morgan fingerprint density at radius 2 is 1.12 bits per heavy atom. The van der Waals surface area contributed by atoms with Crippen LogP contribution in [-0.4, -0.2) is 77.3 Å². The lowest BCUT2D eigenvalue weighted by atomic mass is 9.80. The van der Waals surface area contributed by atoms with E-state index in [1.165, 1.54) is 20.8 Å². The van der Waals surface area contributed by atoms with Crippen LogP contribution in [-0.2, 0) is 28.8 Å². The van der Waals surface area contributed by atoms with Gasteiger partial charge in [0.1, 0.15) is 11.6 Å². The summed E-state index contributed by atoms with van der Waals surface area (Å²) >= 11 is 0. The Hall–Kier alpha value is -2.86. The quantitative estimate of drug-likeness (QED) is 0.197. The lowest BCUT2D eigenvalue weighted by molar-refractivity contribution is -0.147. The monoisotopic (exact) mass is 464 g/mol. The van der Waals surface area contributed by atoms with Crippen molar-refractivity contribution < 1.29 is 59.4 Å². The molecule has 0 rings (SSSR count). The molecule has 32 heavy (non-hydrogen) atoms. The van der Waals surface area contributed by atoms with Crippen molar-refractivity contribution in [3.8, 4) is 0 Å². The van der Waals surface area contributed by atoms with Crippen LogP contribution in [0.4, 0.5) is 0 Å². The summed E-state index contributed by atoms with van der Waals surface area (Å²) in [4.78, 5) is 63.8. The first-order valence-electron chi connectivity index (χ1n) is 9.73. The molecule has 0 bridgehead atoms. The number of carboxylic acid groups (broad SMARTS) is 4. The highest BCUT2D eigenvalue weighted by molar-refractivity contribution is 5.84. The van der Waals surface area contributed by atoms with Crippen LogP contribution in [0.1, 0.15) is 72.1 Å². The van der Waals surface area contributed by atoms with Crippen molar-refractivity contribution in [2.24, 2.45) is 5.92 Å². The van der Waals surface area contributed by atoms with Crippen molar-refractivity contribution in [2.45, 2.75) is 83.3 Å². The Bertz CT molecular complexity index is 691. The van der Waals surface area contributed by atoms with Gasteiger partial charge in [0.2, 0.25) is 0 Å². The molecule has 0 saturated carbocycles. The molecule has 12 nitrogen and oxygen atoms in total. The van der Waals surface area contributed by atoms with Gasteiger partial charge in [0, 0.05) is 25.7 Å². The van der Waals surface area contributed by atoms with Crippen LogP contribution in [0.25, 0.3) is 0 Å². The molecular weight excluding hydrogens is 432 g/mol. The second-order valence-electron chi connectivity index (χ2n) is 8.01. The summed E-state index contributed by atoms with van der Waals surface area (Å²) in [5.74, 6) is -6.33. The summed E-state index contributed by atoms with van der Waals surface area (Å²) in [6, 6.07) is 0. The standard InChI is InChI=1S/2C10H16O6/c1-6(11)7(5-9(14)15)10(2,16)4-3-8(12)13;1-10(16,5-4-9(14)15)6-7(11)2-3-8(12)13/h7,16H,3-5H2,1-2H3,(H,12,13)(H,14,15);16H,2-6H2,1H3,(H,12,13)(H,14,15). The lowest BCUT2D eigenvalue weighted by Gasteiger charge is -2.29. The Labute approximate surface area is 184 Å². The van der Waals surface area contributed by atoms with Gasteiger partial charge in [-0.1, -0.05) is 0 Å². The average Bonchev–Trinajstić information content (AvgIpc) is 2.61. The number of carbonyl (C=O) groups excluding carboxylic acids is 2. The third-order valence-corrected chi connectivity index (χ3v) is 4.54. The van der Waals surface area contributed by atoms with Gasteiger partial charge in [-0.15, -0.1) is 0 Å². The van der Waals surface area contributed by atoms with Gasteiger partial charge in [-0.05, 0) is 33.6 Å². The molecule has 0 aliphatic heterocycles. The van der Waals surface area contributed by atoms with Gasteiger partial charge in [-0.2, -0.15) is 0 Å². The first-order chi connectivity index (χ1) is 14.4. The minimum absolute atomic E-state index is 0.0266. The normalized spacial score (nSPS) is 15.2. The Morgan fingerprint density at radius 1 is 0.688 bits per heavy atom. The number of aliphatic hydroxyl groups is 2. The van der Waals surface area contributed by atoms with E-state index in [4.69, 9.17) is 20.4 Å². The van der Waals surface area contributed by atoms with Crippen molar-refractivity contribution in [1.29, 1.82) is 0 Å². The number of hydrogen-bond donors (Lipinski definition) is 6. The van der Waals surface area contributed by atoms with E-state index in [1.807, 2.05) is 0 Å². The Balaban J connectivity index is 0. The number of aliphatic carboxylic acids is 4. The van der Waals surface area contributed by atoms with Crippen LogP contribution in [0, 0.1) is 5.92 Å². The maximum atomic E-state index is 11.2. The largest absolute Gasteiger partial charge is 0.481 e. The molecule has 0 fully saturated rings. The molecule has 0 aromatic carbocycles. The fourth-order valence-electron chi connectivity index (χ4n) is 2.73. The molecule has 0 spiro atoms. The molecule has 3 unspecified atom stereocenters. The highest BCUT2D eigenvalue weighted by atomic mass is 16.4. The van der Waals surface area contributed by atoms with Gasteiger partial charge in [0.05, 0.1) is 30.0 Å². The van der Waals surface area contributed by atoms with Crippen molar-refractivity contribution in [3.63, 3.8) is 0 Å². The van der Waals surface area contributed by atoms with Crippen LogP contribution in [0.5, 0.6) is 0 Å². The zero-order chi connectivity index (χ0) is 25.7. The van der Waals surface area contributed by atoms with Gasteiger partial charge >= 0.3 is 23.9 Å². The molecule has 0 aliphatic rings. The highest BCUT2D eigenvalue weighted by Crippen LogP contribution is 2.26. The molecule has 0 aromatic rings. The number of carbonyl (C=O) groups is 6. The zero-order valence-electron chi connectivity index (χ0n) is 18.4. The lowest BCUT2D eigenvalue weighted by Crippen LogP contribution is -2.40. The van der Waals surface area contributed by atoms with Gasteiger partial charge in [0.15, 0.2) is 0 Å². The first-order valence-corrected chi connectivity index (χ1v) is 9.73. The second-order valence-corrected chi connectivity index (χ2v) is 8.01. The number of ketones is 2. The summed E-state index contributed by atoms with van der Waals surface area (Å²) in [5.41, 5.74) is -2.99. The van der Waals surface area contributed by atoms with Gasteiger partial charge < -0.3 is 30.6 Å². The first kappa shape index (κ1) is 31.3. The summed E-state index contributed by atoms with van der Waals surface area (Å²) in [5, 5.41) is 53.4. The highest BCUT2D eigenvalue weighted by Gasteiger charge is 2.37. The number of hydrogen-bond acceptors (Lipinski definition) is 8. The smallest absolute Gasteiger partial charge is 0.304 e. The van der Waals surface area contributed by atoms with Crippen molar-refractivity contribution in [2.75, 3.05) is 0 Å². The molecule has 0 aliphatic carbocycles. The topological polar surface area (TPSA) is 224 Å². The van der Waals surface area contributed by atoms with Gasteiger partial charge in [0.25, 0.3) is 0 Å². The molecule has 3 atom stereocenters. The maximum Gasteiger partial charge on any atom is 0.304 e. The maximum absolute atomic E-state index is 11.2. The zero-order valence-corrected chi connectivity index (χ0v) is 18.4. The molecule has 0 saturated heterocycles. The van der Waals surface area contributed by atoms with E-state index in [9.17, 15) is 39.0 Å². The van der Waals surface area contributed by atoms with E-state index in [0.717, 1.165) is 0 Å². The molecular formula is C20H32O12. The molecule has 184 valence electrons. The third-order valence-electron chi connectivity index (χ3n) is 4.54. The van der Waals surface area contributed by atoms with Crippen LogP contribution in [0.3, 0.4) is 0 Å². The molecule has 0 aromatic heterocycles. The van der Waals surface area contributed by atoms with Crippen molar-refractivity contribution in [3.05, 3.63) is 0 Å². The minimum atomic E-state index is -1.61. The second kappa shape index (κ2) is 14.2. The molecule has 6 N–H and O–H groups in total. The SMILES string of the molecule is CC(=O)C(CC(=O)O)C(C)(O)CCC(=O)O.CC(O)(CCC(=O)O)CC(=O)CCC(=O)O. The summed E-state index contributed by atoms with van der Waals surface area (Å²) in [6.07, 6.45) is -1.83. The summed E-state index contributed by atoms with van der Waals surface area (Å²) < 4.78 is 0. The van der Waals surface area contributed by atoms with E-state index < -0.39 is 53.2 Å². The van der Waals surface area contributed by atoms with E-state index in [2.05, 4.69) is 0 Å². The molecule has 0 radical (unpaired) electrons. The molecule has 0 heterocycles. The fourth-order valence-corrected chi connectivity index (χ4v) is 2.73. The number of rotatable bonds is 15. The van der Waals surface area contributed by atoms with E-state index in [1.54, 1.807) is 0 Å². The van der Waals surface area contributed by atoms with Gasteiger partial charge in [-0.25, -0.2) is 0 Å². The molecule has 12 heteroatoms. The Kier molecular flexibility index (Phi) is 13.9. The number of carboxylic acids is 4. The third kappa shape index (κ3) is 16.9. The van der Waals surface area contributed by atoms with E-state index >= 15 is 0 Å². The van der Waals surface area contributed by atoms with Crippen LogP contribution in [0.2, 0.25) is 0 Å². The van der Waals surface area contributed by atoms with E-state index in [-0.39, 0.29) is 50.7 Å².